The Bertz CT molecular complexity index is 358. The summed E-state index contributed by atoms with van der Waals surface area (Å²) in [5.74, 6) is 2.01. The van der Waals surface area contributed by atoms with E-state index in [0.29, 0.717) is 23.7 Å². The quantitative estimate of drug-likeness (QED) is 0.815. The van der Waals surface area contributed by atoms with Gasteiger partial charge in [0.1, 0.15) is 0 Å². The van der Waals surface area contributed by atoms with E-state index in [-0.39, 0.29) is 12.2 Å². The zero-order valence-corrected chi connectivity index (χ0v) is 14.4. The van der Waals surface area contributed by atoms with E-state index in [9.17, 15) is 4.79 Å². The van der Waals surface area contributed by atoms with Gasteiger partial charge in [-0.2, -0.15) is 0 Å². The molecule has 0 radical (unpaired) electrons. The van der Waals surface area contributed by atoms with Gasteiger partial charge in [0, 0.05) is 13.1 Å². The van der Waals surface area contributed by atoms with Gasteiger partial charge < -0.3 is 9.80 Å². The highest BCUT2D eigenvalue weighted by molar-refractivity contribution is 5.84. The Morgan fingerprint density at radius 3 is 2.57 bits per heavy atom. The van der Waals surface area contributed by atoms with Crippen LogP contribution in [-0.4, -0.2) is 54.6 Å². The summed E-state index contributed by atoms with van der Waals surface area (Å²) in [6.45, 7) is 12.1. The summed E-state index contributed by atoms with van der Waals surface area (Å²) >= 11 is 0. The number of rotatable bonds is 6. The fraction of sp³-hybridized carbons (Fsp3) is 0.941. The summed E-state index contributed by atoms with van der Waals surface area (Å²) in [4.78, 5) is 17.3. The smallest absolute Gasteiger partial charge is 0.241 e. The predicted molar refractivity (Wildman–Crippen MR) is 86.9 cm³/mol. The Kier molecular flexibility index (Phi) is 5.67. The summed E-state index contributed by atoms with van der Waals surface area (Å²) < 4.78 is 0. The molecule has 0 aromatic carbocycles. The largest absolute Gasteiger partial charge is 0.325 e. The van der Waals surface area contributed by atoms with E-state index >= 15 is 0 Å². The third-order valence-corrected chi connectivity index (χ3v) is 5.15. The first-order chi connectivity index (χ1) is 9.92. The van der Waals surface area contributed by atoms with Crippen LogP contribution in [0.2, 0.25) is 0 Å². The second-order valence-electron chi connectivity index (χ2n) is 7.58. The maximum absolute atomic E-state index is 12.8. The van der Waals surface area contributed by atoms with Gasteiger partial charge >= 0.3 is 0 Å². The number of likely N-dealkylation sites (tertiary alicyclic amines) is 1. The Morgan fingerprint density at radius 1 is 1.33 bits per heavy atom. The third kappa shape index (κ3) is 3.98. The van der Waals surface area contributed by atoms with Gasteiger partial charge in [-0.25, -0.2) is 0 Å². The van der Waals surface area contributed by atoms with E-state index < -0.39 is 0 Å². The van der Waals surface area contributed by atoms with Gasteiger partial charge in [0.25, 0.3) is 0 Å². The molecule has 4 nitrogen and oxygen atoms in total. The number of nitrogens with one attached hydrogen (secondary N) is 1. The van der Waals surface area contributed by atoms with Crippen LogP contribution in [0.3, 0.4) is 0 Å². The minimum absolute atomic E-state index is 0.0258. The Balaban J connectivity index is 2.04. The molecule has 0 bridgehead atoms. The van der Waals surface area contributed by atoms with Crippen LogP contribution in [0.5, 0.6) is 0 Å². The molecule has 0 aromatic heterocycles. The second kappa shape index (κ2) is 7.10. The predicted octanol–water partition coefficient (Wildman–Crippen LogP) is 2.16. The van der Waals surface area contributed by atoms with Crippen molar-refractivity contribution in [1.29, 1.82) is 0 Å². The fourth-order valence-corrected chi connectivity index (χ4v) is 3.66. The van der Waals surface area contributed by atoms with Crippen LogP contribution in [0.15, 0.2) is 0 Å². The van der Waals surface area contributed by atoms with E-state index in [1.807, 2.05) is 0 Å². The molecule has 4 unspecified atom stereocenters. The number of hydrogen-bond donors (Lipinski definition) is 1. The summed E-state index contributed by atoms with van der Waals surface area (Å²) in [6, 6.07) is 0.0258. The molecule has 0 saturated carbocycles. The number of amides is 1. The molecular weight excluding hydrogens is 262 g/mol. The topological polar surface area (TPSA) is 35.6 Å². The van der Waals surface area contributed by atoms with Crippen LogP contribution in [0, 0.1) is 17.8 Å². The Hall–Kier alpha value is -0.610. The SMILES string of the molecule is CCC(C)C1NC(CC(C)C)N(CC2CCN(C)C2)C1=O. The van der Waals surface area contributed by atoms with E-state index in [1.54, 1.807) is 0 Å². The van der Waals surface area contributed by atoms with Crippen molar-refractivity contribution in [3.63, 3.8) is 0 Å². The third-order valence-electron chi connectivity index (χ3n) is 5.15. The van der Waals surface area contributed by atoms with Gasteiger partial charge in [0.15, 0.2) is 0 Å². The lowest BCUT2D eigenvalue weighted by Crippen LogP contribution is -2.41. The lowest BCUT2D eigenvalue weighted by Gasteiger charge is -2.28. The number of carbonyl (C=O) groups excluding carboxylic acids is 1. The Morgan fingerprint density at radius 2 is 2.05 bits per heavy atom. The van der Waals surface area contributed by atoms with E-state index in [1.165, 1.54) is 13.0 Å². The molecule has 1 amide bonds. The molecule has 2 aliphatic heterocycles. The number of nitrogens with zero attached hydrogens (tertiary/aromatic N) is 2. The maximum atomic E-state index is 12.8. The van der Waals surface area contributed by atoms with Gasteiger partial charge in [-0.3, -0.25) is 10.1 Å². The molecule has 2 heterocycles. The van der Waals surface area contributed by atoms with E-state index in [2.05, 4.69) is 49.9 Å². The molecule has 21 heavy (non-hydrogen) atoms. The lowest BCUT2D eigenvalue weighted by molar-refractivity contribution is -0.131. The van der Waals surface area contributed by atoms with Crippen LogP contribution < -0.4 is 5.32 Å². The van der Waals surface area contributed by atoms with Crippen LogP contribution in [0.4, 0.5) is 0 Å². The van der Waals surface area contributed by atoms with Gasteiger partial charge in [-0.15, -0.1) is 0 Å². The van der Waals surface area contributed by atoms with Crippen molar-refractivity contribution in [3.8, 4) is 0 Å². The highest BCUT2D eigenvalue weighted by atomic mass is 16.2. The molecule has 0 aromatic rings. The average Bonchev–Trinajstić information content (AvgIpc) is 2.96. The summed E-state index contributed by atoms with van der Waals surface area (Å²) in [5, 5.41) is 3.62. The maximum Gasteiger partial charge on any atom is 0.241 e. The minimum atomic E-state index is 0.0258. The summed E-state index contributed by atoms with van der Waals surface area (Å²) in [7, 11) is 2.18. The monoisotopic (exact) mass is 295 g/mol. The fourth-order valence-electron chi connectivity index (χ4n) is 3.66. The van der Waals surface area contributed by atoms with Crippen molar-refractivity contribution >= 4 is 5.91 Å². The standard InChI is InChI=1S/C17H33N3O/c1-6-13(4)16-17(21)20(15(18-16)9-12(2)3)11-14-7-8-19(5)10-14/h12-16,18H,6-11H2,1-5H3. The second-order valence-corrected chi connectivity index (χ2v) is 7.58. The molecule has 4 atom stereocenters. The average molecular weight is 295 g/mol. The van der Waals surface area contributed by atoms with Crippen molar-refractivity contribution in [1.82, 2.24) is 15.1 Å². The van der Waals surface area contributed by atoms with Gasteiger partial charge in [-0.1, -0.05) is 34.1 Å². The molecular formula is C17H33N3O. The van der Waals surface area contributed by atoms with Crippen LogP contribution in [0.25, 0.3) is 0 Å². The zero-order valence-electron chi connectivity index (χ0n) is 14.4. The first kappa shape index (κ1) is 16.8. The molecule has 0 spiro atoms. The zero-order chi connectivity index (χ0) is 15.6. The first-order valence-electron chi connectivity index (χ1n) is 8.67. The number of hydrogen-bond acceptors (Lipinski definition) is 3. The van der Waals surface area contributed by atoms with Gasteiger partial charge in [-0.05, 0) is 44.2 Å². The van der Waals surface area contributed by atoms with Crippen LogP contribution >= 0.6 is 0 Å². The van der Waals surface area contributed by atoms with Crippen molar-refractivity contribution in [2.75, 3.05) is 26.7 Å². The minimum Gasteiger partial charge on any atom is -0.325 e. The molecule has 2 saturated heterocycles. The van der Waals surface area contributed by atoms with Crippen molar-refractivity contribution in [2.45, 2.75) is 59.2 Å². The molecule has 0 aliphatic carbocycles. The first-order valence-corrected chi connectivity index (χ1v) is 8.67. The normalized spacial score (nSPS) is 32.4. The van der Waals surface area contributed by atoms with Crippen LogP contribution in [0.1, 0.15) is 47.0 Å². The van der Waals surface area contributed by atoms with E-state index in [0.717, 1.165) is 25.9 Å². The molecule has 2 rings (SSSR count). The van der Waals surface area contributed by atoms with E-state index in [4.69, 9.17) is 0 Å². The van der Waals surface area contributed by atoms with Crippen LogP contribution in [-0.2, 0) is 4.79 Å². The van der Waals surface area contributed by atoms with Gasteiger partial charge in [0.05, 0.1) is 12.2 Å². The highest BCUT2D eigenvalue weighted by Gasteiger charge is 2.42. The number of carbonyl (C=O) groups is 1. The lowest BCUT2D eigenvalue weighted by atomic mass is 9.99. The van der Waals surface area contributed by atoms with Gasteiger partial charge in [0.2, 0.25) is 5.91 Å². The molecule has 122 valence electrons. The molecule has 2 aliphatic rings. The summed E-state index contributed by atoms with van der Waals surface area (Å²) in [6.07, 6.45) is 3.57. The highest BCUT2D eigenvalue weighted by Crippen LogP contribution is 2.26. The molecule has 4 heteroatoms. The molecule has 2 fully saturated rings. The molecule has 1 N–H and O–H groups in total. The van der Waals surface area contributed by atoms with Crippen molar-refractivity contribution < 1.29 is 4.79 Å². The summed E-state index contributed by atoms with van der Waals surface area (Å²) in [5.41, 5.74) is 0. The Labute approximate surface area is 130 Å². The van der Waals surface area contributed by atoms with Crippen molar-refractivity contribution in [2.24, 2.45) is 17.8 Å². The van der Waals surface area contributed by atoms with Crippen molar-refractivity contribution in [3.05, 3.63) is 0 Å².